The summed E-state index contributed by atoms with van der Waals surface area (Å²) < 4.78 is 17.6. The maximum atomic E-state index is 11.1. The summed E-state index contributed by atoms with van der Waals surface area (Å²) in [6, 6.07) is 17.4. The van der Waals surface area contributed by atoms with Crippen LogP contribution in [0.5, 0.6) is 17.2 Å². The second-order valence-electron chi connectivity index (χ2n) is 11.3. The molecule has 3 aromatic carbocycles. The van der Waals surface area contributed by atoms with Crippen molar-refractivity contribution in [3.05, 3.63) is 76.9 Å². The molecule has 5 N–H and O–H groups in total. The minimum Gasteiger partial charge on any atom is -0.492 e. The van der Waals surface area contributed by atoms with Gasteiger partial charge in [-0.3, -0.25) is 4.79 Å². The Morgan fingerprint density at radius 2 is 1.66 bits per heavy atom. The predicted molar refractivity (Wildman–Crippen MR) is 150 cm³/mol. The molecule has 9 nitrogen and oxygen atoms in total. The fourth-order valence-corrected chi connectivity index (χ4v) is 5.87. The Hall–Kier alpha value is -3.63. The molecule has 0 aromatic heterocycles. The van der Waals surface area contributed by atoms with Gasteiger partial charge in [-0.05, 0) is 65.9 Å². The molecular weight excluding hydrogens is 528 g/mol. The standard InChI is InChI=1S/C32H36O9/c1-18-8-24(41-17-32(38)13-26(33)31(37)27(34)14-32)9-19(2)30(18)21-5-3-4-20(10-21)15-39-23-6-7-25-22(11-29(35)36)16-40-28(25)12-23/h3-10,12,22,26-27,31,33-34,37-38H,11,13-17H2,1-2H3,(H,35,36)/t22?,26-,27-,31?,32?/m0/s1. The third kappa shape index (κ3) is 6.49. The average Bonchev–Trinajstić information content (AvgIpc) is 3.30. The highest BCUT2D eigenvalue weighted by Crippen LogP contribution is 2.39. The molecule has 0 saturated heterocycles. The number of hydrogen-bond acceptors (Lipinski definition) is 8. The minimum atomic E-state index is -1.45. The van der Waals surface area contributed by atoms with E-state index in [1.54, 1.807) is 6.07 Å². The molecule has 41 heavy (non-hydrogen) atoms. The smallest absolute Gasteiger partial charge is 0.304 e. The number of aliphatic hydroxyl groups is 4. The molecule has 5 rings (SSSR count). The van der Waals surface area contributed by atoms with E-state index in [2.05, 4.69) is 6.07 Å². The maximum absolute atomic E-state index is 11.1. The number of hydrogen-bond donors (Lipinski definition) is 5. The fourth-order valence-electron chi connectivity index (χ4n) is 5.87. The van der Waals surface area contributed by atoms with Crippen LogP contribution in [0, 0.1) is 13.8 Å². The Labute approximate surface area is 238 Å². The van der Waals surface area contributed by atoms with Gasteiger partial charge in [0.15, 0.2) is 0 Å². The van der Waals surface area contributed by atoms with Crippen LogP contribution in [0.1, 0.15) is 47.4 Å². The van der Waals surface area contributed by atoms with Gasteiger partial charge in [0.05, 0.1) is 25.2 Å². The second-order valence-corrected chi connectivity index (χ2v) is 11.3. The molecule has 0 amide bonds. The van der Waals surface area contributed by atoms with Gasteiger partial charge in [0.2, 0.25) is 0 Å². The van der Waals surface area contributed by atoms with Crippen molar-refractivity contribution >= 4 is 5.97 Å². The van der Waals surface area contributed by atoms with Gasteiger partial charge in [0.25, 0.3) is 0 Å². The molecule has 3 aromatic rings. The number of aryl methyl sites for hydroxylation is 2. The molecular formula is C32H36O9. The van der Waals surface area contributed by atoms with Crippen LogP contribution in [-0.2, 0) is 11.4 Å². The molecule has 1 aliphatic carbocycles. The van der Waals surface area contributed by atoms with Crippen molar-refractivity contribution < 1.29 is 44.5 Å². The Morgan fingerprint density at radius 1 is 0.951 bits per heavy atom. The summed E-state index contributed by atoms with van der Waals surface area (Å²) in [5, 5.41) is 49.6. The molecule has 1 unspecified atom stereocenters. The first-order chi connectivity index (χ1) is 19.5. The van der Waals surface area contributed by atoms with E-state index in [1.807, 2.05) is 56.3 Å². The molecule has 1 fully saturated rings. The Kier molecular flexibility index (Phi) is 8.24. The van der Waals surface area contributed by atoms with Gasteiger partial charge in [0.1, 0.15) is 42.2 Å². The van der Waals surface area contributed by atoms with E-state index in [0.29, 0.717) is 30.5 Å². The van der Waals surface area contributed by atoms with Gasteiger partial charge >= 0.3 is 5.97 Å². The summed E-state index contributed by atoms with van der Waals surface area (Å²) in [5.74, 6) is 0.879. The van der Waals surface area contributed by atoms with E-state index in [0.717, 1.165) is 33.4 Å². The van der Waals surface area contributed by atoms with Crippen LogP contribution in [-0.4, -0.2) is 68.6 Å². The predicted octanol–water partition coefficient (Wildman–Crippen LogP) is 3.49. The molecule has 0 spiro atoms. The molecule has 0 bridgehead atoms. The van der Waals surface area contributed by atoms with E-state index in [-0.39, 0.29) is 31.8 Å². The SMILES string of the molecule is Cc1cc(OCC2(O)C[C@H](O)C(O)[C@@H](O)C2)cc(C)c1-c1cccc(COc2ccc3c(c2)OCC3CC(=O)O)c1. The van der Waals surface area contributed by atoms with E-state index in [1.165, 1.54) is 0 Å². The van der Waals surface area contributed by atoms with Crippen molar-refractivity contribution in [3.63, 3.8) is 0 Å². The highest BCUT2D eigenvalue weighted by molar-refractivity contribution is 5.72. The molecule has 9 heteroatoms. The number of benzene rings is 3. The van der Waals surface area contributed by atoms with Gasteiger partial charge < -0.3 is 39.7 Å². The number of carbonyl (C=O) groups is 1. The average molecular weight is 565 g/mol. The van der Waals surface area contributed by atoms with E-state index in [9.17, 15) is 25.2 Å². The first-order valence-electron chi connectivity index (χ1n) is 13.7. The number of rotatable bonds is 9. The molecule has 2 aliphatic rings. The van der Waals surface area contributed by atoms with Gasteiger partial charge in [-0.1, -0.05) is 24.3 Å². The van der Waals surface area contributed by atoms with Crippen LogP contribution < -0.4 is 14.2 Å². The van der Waals surface area contributed by atoms with Crippen molar-refractivity contribution in [2.75, 3.05) is 13.2 Å². The lowest BCUT2D eigenvalue weighted by atomic mass is 9.80. The fraction of sp³-hybridized carbons (Fsp3) is 0.406. The van der Waals surface area contributed by atoms with E-state index < -0.39 is 29.9 Å². The van der Waals surface area contributed by atoms with Crippen LogP contribution in [0.4, 0.5) is 0 Å². The van der Waals surface area contributed by atoms with Crippen molar-refractivity contribution in [2.45, 2.75) is 69.5 Å². The minimum absolute atomic E-state index is 0.0351. The van der Waals surface area contributed by atoms with Crippen molar-refractivity contribution in [2.24, 2.45) is 0 Å². The molecule has 3 atom stereocenters. The van der Waals surface area contributed by atoms with Crippen LogP contribution in [0.3, 0.4) is 0 Å². The summed E-state index contributed by atoms with van der Waals surface area (Å²) >= 11 is 0. The number of carboxylic acid groups (broad SMARTS) is 1. The number of fused-ring (bicyclic) bond motifs is 1. The quantitative estimate of drug-likeness (QED) is 0.264. The molecule has 1 aliphatic heterocycles. The summed E-state index contributed by atoms with van der Waals surface area (Å²) in [5.41, 5.74) is 4.46. The lowest BCUT2D eigenvalue weighted by Crippen LogP contribution is -2.54. The van der Waals surface area contributed by atoms with Crippen LogP contribution in [0.2, 0.25) is 0 Å². The van der Waals surface area contributed by atoms with Crippen LogP contribution in [0.15, 0.2) is 54.6 Å². The lowest BCUT2D eigenvalue weighted by molar-refractivity contribution is -0.163. The number of aliphatic hydroxyl groups excluding tert-OH is 3. The lowest BCUT2D eigenvalue weighted by Gasteiger charge is -2.40. The van der Waals surface area contributed by atoms with Crippen molar-refractivity contribution in [1.82, 2.24) is 0 Å². The van der Waals surface area contributed by atoms with Gasteiger partial charge in [0, 0.05) is 30.4 Å². The zero-order valence-corrected chi connectivity index (χ0v) is 23.1. The summed E-state index contributed by atoms with van der Waals surface area (Å²) in [6.07, 6.45) is -3.85. The first-order valence-corrected chi connectivity index (χ1v) is 13.7. The van der Waals surface area contributed by atoms with E-state index in [4.69, 9.17) is 19.3 Å². The molecule has 0 radical (unpaired) electrons. The summed E-state index contributed by atoms with van der Waals surface area (Å²) in [7, 11) is 0. The zero-order valence-electron chi connectivity index (χ0n) is 23.1. The highest BCUT2D eigenvalue weighted by atomic mass is 16.5. The summed E-state index contributed by atoms with van der Waals surface area (Å²) in [4.78, 5) is 11.1. The third-order valence-corrected chi connectivity index (χ3v) is 7.89. The van der Waals surface area contributed by atoms with Gasteiger partial charge in [-0.25, -0.2) is 0 Å². The van der Waals surface area contributed by atoms with Crippen LogP contribution in [0.25, 0.3) is 11.1 Å². The van der Waals surface area contributed by atoms with E-state index >= 15 is 0 Å². The van der Waals surface area contributed by atoms with Crippen LogP contribution >= 0.6 is 0 Å². The van der Waals surface area contributed by atoms with Crippen molar-refractivity contribution in [3.8, 4) is 28.4 Å². The largest absolute Gasteiger partial charge is 0.492 e. The summed E-state index contributed by atoms with van der Waals surface area (Å²) in [6.45, 7) is 4.55. The normalized spacial score (nSPS) is 25.3. The Morgan fingerprint density at radius 3 is 2.34 bits per heavy atom. The molecule has 1 heterocycles. The molecule has 1 saturated carbocycles. The van der Waals surface area contributed by atoms with Gasteiger partial charge in [-0.15, -0.1) is 0 Å². The van der Waals surface area contributed by atoms with Gasteiger partial charge in [-0.2, -0.15) is 0 Å². The number of carboxylic acids is 1. The topological polar surface area (TPSA) is 146 Å². The number of ether oxygens (including phenoxy) is 3. The zero-order chi connectivity index (χ0) is 29.3. The highest BCUT2D eigenvalue weighted by Gasteiger charge is 2.44. The third-order valence-electron chi connectivity index (χ3n) is 7.89. The molecule has 218 valence electrons. The second kappa shape index (κ2) is 11.7. The number of aliphatic carboxylic acids is 1. The maximum Gasteiger partial charge on any atom is 0.304 e. The Balaban J connectivity index is 1.24. The van der Waals surface area contributed by atoms with Crippen molar-refractivity contribution in [1.29, 1.82) is 0 Å². The Bertz CT molecular complexity index is 1380. The monoisotopic (exact) mass is 564 g/mol. The first kappa shape index (κ1) is 28.9.